The first-order valence-electron chi connectivity index (χ1n) is 4.81. The number of ketones is 1. The summed E-state index contributed by atoms with van der Waals surface area (Å²) in [5.41, 5.74) is 0.970. The Morgan fingerprint density at radius 2 is 2.00 bits per heavy atom. The van der Waals surface area contributed by atoms with Crippen molar-refractivity contribution in [2.24, 2.45) is 5.92 Å². The number of thiocarbonyl (C=S) groups is 1. The van der Waals surface area contributed by atoms with Crippen molar-refractivity contribution in [1.82, 2.24) is 0 Å². The van der Waals surface area contributed by atoms with E-state index in [-0.39, 0.29) is 11.7 Å². The lowest BCUT2D eigenvalue weighted by molar-refractivity contribution is -0.115. The molecule has 0 spiro atoms. The summed E-state index contributed by atoms with van der Waals surface area (Å²) in [6.45, 7) is 1.85. The van der Waals surface area contributed by atoms with Gasteiger partial charge in [-0.1, -0.05) is 47.7 Å². The molecular weight excluding hydrogens is 260 g/mol. The number of rotatable bonds is 1. The Bertz CT molecular complexity index is 476. The van der Waals surface area contributed by atoms with Gasteiger partial charge in [0.05, 0.1) is 15.0 Å². The summed E-state index contributed by atoms with van der Waals surface area (Å²) in [6.07, 6.45) is 1.86. The SMILES string of the molecule is CC1C(=O)/C(=C/c2ccc(Cl)cc2)SC1=S. The lowest BCUT2D eigenvalue weighted by atomic mass is 10.1. The molecule has 1 fully saturated rings. The molecule has 1 aliphatic heterocycles. The summed E-state index contributed by atoms with van der Waals surface area (Å²) in [6, 6.07) is 7.38. The normalized spacial score (nSPS) is 23.1. The molecule has 1 heterocycles. The number of carbonyl (C=O) groups excluding carboxylic acids is 1. The number of thioether (sulfide) groups is 1. The third-order valence-electron chi connectivity index (χ3n) is 2.37. The van der Waals surface area contributed by atoms with Gasteiger partial charge < -0.3 is 0 Å². The summed E-state index contributed by atoms with van der Waals surface area (Å²) in [4.78, 5) is 12.5. The number of allylic oxidation sites excluding steroid dienone is 1. The Labute approximate surface area is 109 Å². The number of benzene rings is 1. The first-order valence-corrected chi connectivity index (χ1v) is 6.41. The molecule has 82 valence electrons. The van der Waals surface area contributed by atoms with E-state index in [2.05, 4.69) is 0 Å². The van der Waals surface area contributed by atoms with Crippen molar-refractivity contribution in [3.05, 3.63) is 39.8 Å². The molecule has 1 atom stereocenters. The summed E-state index contributed by atoms with van der Waals surface area (Å²) >= 11 is 12.3. The molecule has 1 saturated heterocycles. The van der Waals surface area contributed by atoms with E-state index in [1.807, 2.05) is 25.1 Å². The fraction of sp³-hybridized carbons (Fsp3) is 0.167. The second-order valence-corrected chi connectivity index (χ2v) is 5.79. The Morgan fingerprint density at radius 1 is 1.38 bits per heavy atom. The molecule has 2 rings (SSSR count). The summed E-state index contributed by atoms with van der Waals surface area (Å²) in [5, 5.41) is 0.691. The third kappa shape index (κ3) is 2.37. The first-order chi connectivity index (χ1) is 7.58. The van der Waals surface area contributed by atoms with E-state index in [0.717, 1.165) is 14.7 Å². The second kappa shape index (κ2) is 4.70. The third-order valence-corrected chi connectivity index (χ3v) is 4.32. The van der Waals surface area contributed by atoms with Crippen LogP contribution in [0.4, 0.5) is 0 Å². The topological polar surface area (TPSA) is 17.1 Å². The van der Waals surface area contributed by atoms with Gasteiger partial charge in [-0.3, -0.25) is 4.79 Å². The van der Waals surface area contributed by atoms with Crippen LogP contribution in [0.2, 0.25) is 5.02 Å². The van der Waals surface area contributed by atoms with Gasteiger partial charge in [0.2, 0.25) is 0 Å². The van der Waals surface area contributed by atoms with Gasteiger partial charge in [0.1, 0.15) is 0 Å². The van der Waals surface area contributed by atoms with E-state index in [1.165, 1.54) is 11.8 Å². The van der Waals surface area contributed by atoms with Crippen LogP contribution in [-0.4, -0.2) is 9.98 Å². The van der Waals surface area contributed by atoms with E-state index in [1.54, 1.807) is 12.1 Å². The van der Waals surface area contributed by atoms with Crippen molar-refractivity contribution in [2.75, 3.05) is 0 Å². The Balaban J connectivity index is 2.29. The lowest BCUT2D eigenvalue weighted by Crippen LogP contribution is -2.07. The smallest absolute Gasteiger partial charge is 0.178 e. The zero-order valence-corrected chi connectivity index (χ0v) is 11.0. The Morgan fingerprint density at radius 3 is 2.50 bits per heavy atom. The number of hydrogen-bond acceptors (Lipinski definition) is 3. The van der Waals surface area contributed by atoms with Crippen molar-refractivity contribution in [2.45, 2.75) is 6.92 Å². The molecule has 0 aliphatic carbocycles. The highest BCUT2D eigenvalue weighted by Crippen LogP contribution is 2.35. The van der Waals surface area contributed by atoms with E-state index in [4.69, 9.17) is 23.8 Å². The fourth-order valence-corrected chi connectivity index (χ4v) is 2.85. The quantitative estimate of drug-likeness (QED) is 0.567. The molecular formula is C12H9ClOS2. The van der Waals surface area contributed by atoms with Gasteiger partial charge in [0, 0.05) is 5.02 Å². The number of hydrogen-bond donors (Lipinski definition) is 0. The average molecular weight is 269 g/mol. The van der Waals surface area contributed by atoms with E-state index >= 15 is 0 Å². The van der Waals surface area contributed by atoms with Crippen molar-refractivity contribution < 1.29 is 4.79 Å². The van der Waals surface area contributed by atoms with Gasteiger partial charge in [-0.2, -0.15) is 0 Å². The van der Waals surface area contributed by atoms with Crippen molar-refractivity contribution in [3.63, 3.8) is 0 Å². The summed E-state index contributed by atoms with van der Waals surface area (Å²) < 4.78 is 0.755. The molecule has 0 radical (unpaired) electrons. The molecule has 1 aliphatic rings. The summed E-state index contributed by atoms with van der Waals surface area (Å²) in [7, 11) is 0. The number of halogens is 1. The number of Topliss-reactive ketones (excluding diaryl/α,β-unsaturated/α-hetero) is 1. The fourth-order valence-electron chi connectivity index (χ4n) is 1.38. The molecule has 1 unspecified atom stereocenters. The highest BCUT2D eigenvalue weighted by molar-refractivity contribution is 8.27. The van der Waals surface area contributed by atoms with Crippen molar-refractivity contribution in [1.29, 1.82) is 0 Å². The van der Waals surface area contributed by atoms with E-state index < -0.39 is 0 Å². The summed E-state index contributed by atoms with van der Waals surface area (Å²) in [5.74, 6) is -0.0245. The Hall–Kier alpha value is -0.640. The zero-order valence-electron chi connectivity index (χ0n) is 8.57. The largest absolute Gasteiger partial charge is 0.293 e. The molecule has 0 amide bonds. The highest BCUT2D eigenvalue weighted by Gasteiger charge is 2.31. The van der Waals surface area contributed by atoms with Crippen LogP contribution in [0.3, 0.4) is 0 Å². The molecule has 4 heteroatoms. The van der Waals surface area contributed by atoms with Crippen LogP contribution in [0.25, 0.3) is 6.08 Å². The van der Waals surface area contributed by atoms with Crippen LogP contribution in [0.15, 0.2) is 29.2 Å². The van der Waals surface area contributed by atoms with E-state index in [9.17, 15) is 4.79 Å². The van der Waals surface area contributed by atoms with E-state index in [0.29, 0.717) is 5.02 Å². The maximum Gasteiger partial charge on any atom is 0.178 e. The Kier molecular flexibility index (Phi) is 3.47. The molecule has 0 bridgehead atoms. The minimum Gasteiger partial charge on any atom is -0.293 e. The molecule has 1 nitrogen and oxygen atoms in total. The van der Waals surface area contributed by atoms with Crippen LogP contribution in [0.5, 0.6) is 0 Å². The maximum atomic E-state index is 11.8. The monoisotopic (exact) mass is 268 g/mol. The second-order valence-electron chi connectivity index (χ2n) is 3.57. The molecule has 16 heavy (non-hydrogen) atoms. The van der Waals surface area contributed by atoms with Crippen LogP contribution >= 0.6 is 35.6 Å². The highest BCUT2D eigenvalue weighted by atomic mass is 35.5. The minimum absolute atomic E-state index is 0.116. The predicted octanol–water partition coefficient (Wildman–Crippen LogP) is 3.96. The number of carbonyl (C=O) groups is 1. The van der Waals surface area contributed by atoms with Crippen LogP contribution < -0.4 is 0 Å². The van der Waals surface area contributed by atoms with Crippen LogP contribution in [0.1, 0.15) is 12.5 Å². The van der Waals surface area contributed by atoms with Gasteiger partial charge in [0.25, 0.3) is 0 Å². The van der Waals surface area contributed by atoms with Crippen molar-refractivity contribution in [3.8, 4) is 0 Å². The van der Waals surface area contributed by atoms with Crippen LogP contribution in [-0.2, 0) is 4.79 Å². The predicted molar refractivity (Wildman–Crippen MR) is 73.8 cm³/mol. The minimum atomic E-state index is -0.140. The lowest BCUT2D eigenvalue weighted by Gasteiger charge is -1.96. The van der Waals surface area contributed by atoms with Gasteiger partial charge in [0.15, 0.2) is 5.78 Å². The molecule has 0 N–H and O–H groups in total. The molecule has 0 aromatic heterocycles. The van der Waals surface area contributed by atoms with Crippen molar-refractivity contribution >= 4 is 51.6 Å². The van der Waals surface area contributed by atoms with Gasteiger partial charge in [-0.25, -0.2) is 0 Å². The molecule has 1 aromatic carbocycles. The van der Waals surface area contributed by atoms with Gasteiger partial charge in [-0.15, -0.1) is 0 Å². The van der Waals surface area contributed by atoms with Gasteiger partial charge >= 0.3 is 0 Å². The average Bonchev–Trinajstić information content (AvgIpc) is 2.50. The maximum absolute atomic E-state index is 11.8. The standard InChI is InChI=1S/C12H9ClOS2/c1-7-11(14)10(16-12(7)15)6-8-2-4-9(13)5-3-8/h2-7H,1H3/b10-6-. The zero-order chi connectivity index (χ0) is 11.7. The van der Waals surface area contributed by atoms with Gasteiger partial charge in [-0.05, 0) is 30.7 Å². The first kappa shape index (κ1) is 11.8. The molecule has 1 aromatic rings. The molecule has 0 saturated carbocycles. The van der Waals surface area contributed by atoms with Crippen LogP contribution in [0, 0.1) is 5.92 Å².